The van der Waals surface area contributed by atoms with Gasteiger partial charge in [0.1, 0.15) is 5.75 Å². The van der Waals surface area contributed by atoms with Gasteiger partial charge >= 0.3 is 11.6 Å². The van der Waals surface area contributed by atoms with E-state index in [-0.39, 0.29) is 17.8 Å². The van der Waals surface area contributed by atoms with Crippen LogP contribution in [-0.2, 0) is 0 Å². The van der Waals surface area contributed by atoms with Gasteiger partial charge in [-0.2, -0.15) is 0 Å². The lowest BCUT2D eigenvalue weighted by Gasteiger charge is -2.22. The van der Waals surface area contributed by atoms with Crippen molar-refractivity contribution < 1.29 is 24.6 Å². The Hall–Kier alpha value is -3.13. The largest absolute Gasteiger partial charge is 0.491 e. The molecule has 0 spiro atoms. The molecule has 8 heteroatoms. The number of nitrogens with zero attached hydrogens (tertiary/aromatic N) is 2. The summed E-state index contributed by atoms with van der Waals surface area (Å²) in [5.74, 6) is 0.937. The molecule has 0 radical (unpaired) electrons. The second-order valence-corrected chi connectivity index (χ2v) is 9.85. The minimum Gasteiger partial charge on any atom is -0.491 e. The molecule has 1 heterocycles. The molecule has 1 amide bonds. The molecule has 3 fully saturated rings. The number of carbonyl (C=O) groups is 1. The molecule has 0 atom stereocenters. The number of amides is 1. The molecule has 0 bridgehead atoms. The van der Waals surface area contributed by atoms with Gasteiger partial charge in [-0.15, -0.1) is 0 Å². The van der Waals surface area contributed by atoms with Crippen LogP contribution in [-0.4, -0.2) is 41.2 Å². The number of aliphatic hydroxyl groups is 1. The molecule has 3 aliphatic carbocycles. The van der Waals surface area contributed by atoms with Crippen molar-refractivity contribution in [1.29, 1.82) is 0 Å². The summed E-state index contributed by atoms with van der Waals surface area (Å²) in [7, 11) is 0. The molecule has 3 aliphatic rings. The van der Waals surface area contributed by atoms with Crippen molar-refractivity contribution in [2.45, 2.75) is 69.4 Å². The Kier molecular flexibility index (Phi) is 6.41. The molecule has 5 rings (SSSR count). The Bertz CT molecular complexity index is 1090. The number of nitrogens with two attached hydrogens (primary N) is 1. The van der Waals surface area contributed by atoms with Crippen molar-refractivity contribution in [3.63, 3.8) is 0 Å². The number of aliphatic hydroxyl groups excluding tert-OH is 1. The average Bonchev–Trinajstić information content (AvgIpc) is 3.74. The fraction of sp³-hybridized carbons (Fsp3) is 0.500. The van der Waals surface area contributed by atoms with E-state index >= 15 is 0 Å². The monoisotopic (exact) mass is 465 g/mol. The third kappa shape index (κ3) is 5.33. The summed E-state index contributed by atoms with van der Waals surface area (Å²) >= 11 is 0. The van der Waals surface area contributed by atoms with Gasteiger partial charge in [-0.25, -0.2) is 0 Å². The van der Waals surface area contributed by atoms with E-state index in [4.69, 9.17) is 10.5 Å². The van der Waals surface area contributed by atoms with Crippen molar-refractivity contribution in [1.82, 2.24) is 0 Å². The predicted octanol–water partition coefficient (Wildman–Crippen LogP) is 3.43. The zero-order chi connectivity index (χ0) is 23.7. The number of ether oxygens (including phenoxy) is 1. The lowest BCUT2D eigenvalue weighted by molar-refractivity contribution is -0.910. The number of nitrogen functional groups attached to an aromatic ring is 1. The molecule has 34 heavy (non-hydrogen) atoms. The van der Waals surface area contributed by atoms with E-state index < -0.39 is 5.91 Å². The van der Waals surface area contributed by atoms with Crippen LogP contribution < -0.4 is 20.5 Å². The van der Waals surface area contributed by atoms with E-state index in [1.807, 2.05) is 6.07 Å². The number of nitrogens with one attached hydrogen (secondary N) is 1. The third-order valence-electron chi connectivity index (χ3n) is 6.92. The number of benzene rings is 1. The first kappa shape index (κ1) is 22.7. The Labute approximate surface area is 199 Å². The quantitative estimate of drug-likeness (QED) is 0.206. The van der Waals surface area contributed by atoms with E-state index in [1.54, 1.807) is 30.5 Å². The fourth-order valence-electron chi connectivity index (χ4n) is 4.39. The first-order chi connectivity index (χ1) is 16.5. The number of hydrogen-bond donors (Lipinski definition) is 4. The summed E-state index contributed by atoms with van der Waals surface area (Å²) in [6.07, 6.45) is 9.06. The Balaban J connectivity index is 1.38. The second kappa shape index (κ2) is 9.62. The first-order valence-corrected chi connectivity index (χ1v) is 12.3. The maximum atomic E-state index is 13.1. The molecule has 180 valence electrons. The predicted molar refractivity (Wildman–Crippen MR) is 129 cm³/mol. The van der Waals surface area contributed by atoms with Gasteiger partial charge in [-0.05, 0) is 69.4 Å². The molecular weight excluding hydrogens is 432 g/mol. The lowest BCUT2D eigenvalue weighted by atomic mass is 9.93. The highest BCUT2D eigenvalue weighted by atomic mass is 16.5. The van der Waals surface area contributed by atoms with Crippen LogP contribution in [0.25, 0.3) is 0 Å². The molecule has 1 aromatic heterocycles. The minimum absolute atomic E-state index is 0.158. The minimum atomic E-state index is -0.421. The summed E-state index contributed by atoms with van der Waals surface area (Å²) in [4.78, 5) is 17.8. The number of hydrogen-bond acceptors (Lipinski definition) is 6. The second-order valence-electron chi connectivity index (χ2n) is 9.85. The topological polar surface area (TPSA) is 121 Å². The van der Waals surface area contributed by atoms with Crippen molar-refractivity contribution in [2.24, 2.45) is 10.9 Å². The zero-order valence-electron chi connectivity index (χ0n) is 19.3. The van der Waals surface area contributed by atoms with Gasteiger partial charge in [-0.1, -0.05) is 0 Å². The van der Waals surface area contributed by atoms with Crippen LogP contribution in [0.5, 0.6) is 5.75 Å². The zero-order valence-corrected chi connectivity index (χ0v) is 19.3. The average molecular weight is 466 g/mol. The summed E-state index contributed by atoms with van der Waals surface area (Å²) in [5, 5.41) is 23.2. The third-order valence-corrected chi connectivity index (χ3v) is 6.92. The van der Waals surface area contributed by atoms with Crippen LogP contribution in [0.1, 0.15) is 79.0 Å². The van der Waals surface area contributed by atoms with Gasteiger partial charge in [0.15, 0.2) is 0 Å². The Morgan fingerprint density at radius 3 is 2.62 bits per heavy atom. The van der Waals surface area contributed by atoms with E-state index in [9.17, 15) is 15.1 Å². The van der Waals surface area contributed by atoms with E-state index in [0.29, 0.717) is 41.1 Å². The van der Waals surface area contributed by atoms with Crippen molar-refractivity contribution in [3.8, 4) is 5.75 Å². The summed E-state index contributed by atoms with van der Waals surface area (Å²) in [6, 6.07) is 8.91. The maximum Gasteiger partial charge on any atom is 0.325 e. The summed E-state index contributed by atoms with van der Waals surface area (Å²) in [5.41, 5.74) is 8.95. The van der Waals surface area contributed by atoms with Crippen LogP contribution >= 0.6 is 0 Å². The van der Waals surface area contributed by atoms with Crippen LogP contribution in [0, 0.1) is 5.92 Å². The molecule has 1 aromatic carbocycles. The molecule has 3 saturated carbocycles. The molecule has 0 saturated heterocycles. The molecular formula is C26H33N4O4+. The normalized spacial score (nSPS) is 22.6. The number of rotatable bonds is 8. The van der Waals surface area contributed by atoms with Crippen LogP contribution in [0.4, 0.5) is 11.4 Å². The van der Waals surface area contributed by atoms with Gasteiger partial charge in [0.05, 0.1) is 24.4 Å². The van der Waals surface area contributed by atoms with E-state index in [2.05, 4.69) is 10.3 Å². The van der Waals surface area contributed by atoms with Gasteiger partial charge in [0.2, 0.25) is 5.69 Å². The number of anilines is 2. The smallest absolute Gasteiger partial charge is 0.325 e. The number of aromatic nitrogens is 1. The van der Waals surface area contributed by atoms with Crippen molar-refractivity contribution in [2.75, 3.05) is 17.7 Å². The summed E-state index contributed by atoms with van der Waals surface area (Å²) < 4.78 is 7.00. The SMILES string of the molecule is Nc1cc(OCC2CC2)c(NC(=O)c2cccc(C3CC3)[n+]2O)cc1C=NC1CCC(O)CC1. The van der Waals surface area contributed by atoms with Crippen molar-refractivity contribution >= 4 is 23.5 Å². The standard InChI is InChI=1S/C26H32N4O4/c27-21-13-25(34-15-16-4-5-16)22(12-18(21)14-28-19-8-10-20(31)11-9-19)29-26(32)24-3-1-2-23(30(24)33)17-6-7-17/h1-3,12-14,16-17,19-20,27,31-33H,4-11,15H2/p+1. The lowest BCUT2D eigenvalue weighted by Crippen LogP contribution is -2.43. The van der Waals surface area contributed by atoms with E-state index in [0.717, 1.165) is 61.8 Å². The Morgan fingerprint density at radius 1 is 1.15 bits per heavy atom. The number of pyridine rings is 1. The molecule has 0 unspecified atom stereocenters. The van der Waals surface area contributed by atoms with Crippen LogP contribution in [0.3, 0.4) is 0 Å². The van der Waals surface area contributed by atoms with Gasteiger partial charge in [0.25, 0.3) is 0 Å². The first-order valence-electron chi connectivity index (χ1n) is 12.3. The number of aliphatic imine (C=N–C) groups is 1. The highest BCUT2D eigenvalue weighted by Gasteiger charge is 2.36. The summed E-state index contributed by atoms with van der Waals surface area (Å²) in [6.45, 7) is 0.581. The van der Waals surface area contributed by atoms with Crippen molar-refractivity contribution in [3.05, 3.63) is 47.3 Å². The molecule has 2 aromatic rings. The Morgan fingerprint density at radius 2 is 1.91 bits per heavy atom. The van der Waals surface area contributed by atoms with Gasteiger partial charge in [-0.3, -0.25) is 15.0 Å². The van der Waals surface area contributed by atoms with Crippen LogP contribution in [0.15, 0.2) is 35.3 Å². The van der Waals surface area contributed by atoms with Gasteiger partial charge in [0, 0.05) is 46.3 Å². The van der Waals surface area contributed by atoms with Crippen LogP contribution in [0.2, 0.25) is 0 Å². The highest BCUT2D eigenvalue weighted by molar-refractivity contribution is 6.04. The maximum absolute atomic E-state index is 13.1. The van der Waals surface area contributed by atoms with Gasteiger partial charge < -0.3 is 20.9 Å². The fourth-order valence-corrected chi connectivity index (χ4v) is 4.39. The molecule has 5 N–H and O–H groups in total. The molecule has 0 aliphatic heterocycles. The van der Waals surface area contributed by atoms with E-state index in [1.165, 1.54) is 0 Å². The number of carbonyl (C=O) groups excluding carboxylic acids is 1. The highest BCUT2D eigenvalue weighted by Crippen LogP contribution is 2.38. The molecule has 8 nitrogen and oxygen atoms in total.